The smallest absolute Gasteiger partial charge is 0.179 e. The van der Waals surface area contributed by atoms with Crippen LogP contribution in [0.4, 0.5) is 0 Å². The van der Waals surface area contributed by atoms with Crippen molar-refractivity contribution in [2.75, 3.05) is 0 Å². The minimum atomic E-state index is 0.589. The van der Waals surface area contributed by atoms with Gasteiger partial charge in [-0.05, 0) is 103 Å². The molecule has 0 spiro atoms. The van der Waals surface area contributed by atoms with Gasteiger partial charge >= 0.3 is 0 Å². The fourth-order valence-electron chi connectivity index (χ4n) is 15.8. The van der Waals surface area contributed by atoms with E-state index in [4.69, 9.17) is 44.9 Å². The third-order valence-corrected chi connectivity index (χ3v) is 21.5. The molecule has 5 heterocycles. The summed E-state index contributed by atoms with van der Waals surface area (Å²) in [5.41, 5.74) is 19.3. The largest absolute Gasteiger partial charge is 0.244 e. The Balaban J connectivity index is 0.000000143. The summed E-state index contributed by atoms with van der Waals surface area (Å²) in [6.45, 7) is 0. The van der Waals surface area contributed by atoms with E-state index < -0.39 is 0 Å². The van der Waals surface area contributed by atoms with Crippen molar-refractivity contribution in [3.05, 3.63) is 382 Å². The van der Waals surface area contributed by atoms with Gasteiger partial charge in [-0.1, -0.05) is 334 Å². The SMILES string of the molecule is c1ccc(-c2nc(-c3ccc(-c4cccc(-c5nc(-c6ccccc6)c6ccc7ccccc7c6n5)n4)cc3)nc3c2ccc2ccccc23)cc1.c1ccc2cc(-c3nc(-c4ccc(-c5ccc(-c6nc(-c7ccc8ccccc8c7)c7ccc8ccccc8c7n6)cc5)cc4)nc4c3ccc3ccccc34)ccc2c1. The number of rotatable bonds is 10. The Kier molecular flexibility index (Phi) is 16.0. The first kappa shape index (κ1) is 65.1. The van der Waals surface area contributed by atoms with Gasteiger partial charge in [0.1, 0.15) is 5.69 Å². The average Bonchev–Trinajstić information content (AvgIpc) is 0.768. The van der Waals surface area contributed by atoms with Gasteiger partial charge in [-0.2, -0.15) is 0 Å². The summed E-state index contributed by atoms with van der Waals surface area (Å²) in [6.07, 6.45) is 0. The quantitative estimate of drug-likeness (QED) is 0.123. The van der Waals surface area contributed by atoms with Gasteiger partial charge in [-0.3, -0.25) is 0 Å². The highest BCUT2D eigenvalue weighted by Gasteiger charge is 2.21. The number of fused-ring (bicyclic) bond motifs is 14. The van der Waals surface area contributed by atoms with Crippen LogP contribution in [-0.2, 0) is 0 Å². The van der Waals surface area contributed by atoms with Crippen molar-refractivity contribution < 1.29 is 0 Å². The summed E-state index contributed by atoms with van der Waals surface area (Å²) in [6, 6.07) is 133. The Morgan fingerprint density at radius 2 is 0.393 bits per heavy atom. The van der Waals surface area contributed by atoms with E-state index in [-0.39, 0.29) is 0 Å². The van der Waals surface area contributed by atoms with Gasteiger partial charge < -0.3 is 0 Å². The molecule has 0 bridgehead atoms. The first-order valence-corrected chi connectivity index (χ1v) is 37.6. The summed E-state index contributed by atoms with van der Waals surface area (Å²) >= 11 is 0. The molecule has 0 atom stereocenters. The summed E-state index contributed by atoms with van der Waals surface area (Å²) in [7, 11) is 0. The van der Waals surface area contributed by atoms with Gasteiger partial charge in [0, 0.05) is 87.6 Å². The molecule has 112 heavy (non-hydrogen) atoms. The van der Waals surface area contributed by atoms with E-state index in [1.807, 2.05) is 54.6 Å². The summed E-state index contributed by atoms with van der Waals surface area (Å²) in [5, 5.41) is 17.9. The fourth-order valence-corrected chi connectivity index (χ4v) is 15.8. The molecule has 0 fully saturated rings. The highest BCUT2D eigenvalue weighted by Crippen LogP contribution is 2.41. The Labute approximate surface area is 644 Å². The van der Waals surface area contributed by atoms with Crippen LogP contribution in [0.15, 0.2) is 382 Å². The second-order valence-corrected chi connectivity index (χ2v) is 28.3. The molecule has 520 valence electrons. The number of benzene rings is 17. The fraction of sp³-hybridized carbons (Fsp3) is 0. The lowest BCUT2D eigenvalue weighted by Crippen LogP contribution is -1.98. The molecular weight excluding hydrogens is 1360 g/mol. The zero-order valence-electron chi connectivity index (χ0n) is 60.4. The van der Waals surface area contributed by atoms with Gasteiger partial charge in [0.25, 0.3) is 0 Å². The molecule has 5 aromatic heterocycles. The number of hydrogen-bond donors (Lipinski definition) is 0. The zero-order valence-corrected chi connectivity index (χ0v) is 60.4. The van der Waals surface area contributed by atoms with E-state index in [1.54, 1.807) is 0 Å². The van der Waals surface area contributed by atoms with E-state index in [0.29, 0.717) is 29.0 Å². The highest BCUT2D eigenvalue weighted by atomic mass is 14.9. The van der Waals surface area contributed by atoms with Crippen molar-refractivity contribution in [2.45, 2.75) is 0 Å². The number of pyridine rings is 1. The molecule has 17 aromatic carbocycles. The second kappa shape index (κ2) is 27.5. The Morgan fingerprint density at radius 1 is 0.125 bits per heavy atom. The lowest BCUT2D eigenvalue weighted by molar-refractivity contribution is 1.18. The van der Waals surface area contributed by atoms with Gasteiger partial charge in [-0.25, -0.2) is 44.9 Å². The average molecular weight is 1430 g/mol. The topological polar surface area (TPSA) is 116 Å². The van der Waals surface area contributed by atoms with Crippen molar-refractivity contribution >= 4 is 108 Å². The van der Waals surface area contributed by atoms with Crippen LogP contribution in [0.5, 0.6) is 0 Å². The third kappa shape index (κ3) is 11.9. The molecule has 0 saturated carbocycles. The highest BCUT2D eigenvalue weighted by molar-refractivity contribution is 6.14. The van der Waals surface area contributed by atoms with E-state index >= 15 is 0 Å². The minimum absolute atomic E-state index is 0.589. The van der Waals surface area contributed by atoms with Gasteiger partial charge in [0.15, 0.2) is 23.3 Å². The molecule has 22 rings (SSSR count). The van der Waals surface area contributed by atoms with Crippen molar-refractivity contribution in [1.29, 1.82) is 0 Å². The predicted octanol–water partition coefficient (Wildman–Crippen LogP) is 26.1. The number of nitrogens with zero attached hydrogens (tertiary/aromatic N) is 9. The molecule has 0 aliphatic rings. The lowest BCUT2D eigenvalue weighted by Gasteiger charge is -2.13. The molecule has 9 nitrogen and oxygen atoms in total. The molecular formula is C103H63N9. The standard InChI is InChI=1S/C56H34N4.C47H29N5/c1-3-13-43-33-45(27-21-35(43)9-1)51-49-31-29-39-11-5-7-15-47(39)53(49)59-55(57-51)41-23-17-37(18-24-41)38-19-25-42(26-20-38)56-58-52(46-28-22-36-10-2-4-14-44(36)34-46)50-32-30-40-12-6-8-16-48(40)54(50)60-56;1-3-14-33(15-4-1)42-38-28-26-30-12-7-9-18-36(30)44(38)51-46(49-42)35-24-22-32(23-25-35)40-20-11-21-41(48-40)47-50-43(34-16-5-2-6-17-34)39-29-27-31-13-8-10-19-37(31)45(39)52-47/h1-34H;1-29H. The third-order valence-electron chi connectivity index (χ3n) is 21.5. The van der Waals surface area contributed by atoms with Crippen molar-refractivity contribution in [1.82, 2.24) is 44.9 Å². The summed E-state index contributed by atoms with van der Waals surface area (Å²) in [4.78, 5) is 46.6. The van der Waals surface area contributed by atoms with Crippen LogP contribution in [-0.4, -0.2) is 44.9 Å². The Hall–Kier alpha value is -15.2. The maximum Gasteiger partial charge on any atom is 0.179 e. The minimum Gasteiger partial charge on any atom is -0.244 e. The maximum absolute atomic E-state index is 5.26. The van der Waals surface area contributed by atoms with Gasteiger partial charge in [-0.15, -0.1) is 0 Å². The molecule has 0 N–H and O–H groups in total. The van der Waals surface area contributed by atoms with E-state index in [0.717, 1.165) is 171 Å². The molecule has 22 aromatic rings. The van der Waals surface area contributed by atoms with Crippen LogP contribution in [0.1, 0.15) is 0 Å². The van der Waals surface area contributed by atoms with Gasteiger partial charge in [0.05, 0.1) is 50.5 Å². The van der Waals surface area contributed by atoms with Crippen LogP contribution in [0.3, 0.4) is 0 Å². The normalized spacial score (nSPS) is 11.6. The van der Waals surface area contributed by atoms with Crippen LogP contribution in [0, 0.1) is 0 Å². The Morgan fingerprint density at radius 3 is 0.768 bits per heavy atom. The van der Waals surface area contributed by atoms with Crippen LogP contribution < -0.4 is 0 Å². The van der Waals surface area contributed by atoms with Gasteiger partial charge in [0.2, 0.25) is 0 Å². The molecule has 0 saturated heterocycles. The molecule has 0 unspecified atom stereocenters. The lowest BCUT2D eigenvalue weighted by atomic mass is 9.98. The van der Waals surface area contributed by atoms with Crippen molar-refractivity contribution in [3.63, 3.8) is 0 Å². The monoisotopic (exact) mass is 1430 g/mol. The zero-order chi connectivity index (χ0) is 74.0. The molecule has 0 aliphatic carbocycles. The molecule has 0 radical (unpaired) electrons. The van der Waals surface area contributed by atoms with Crippen LogP contribution in [0.2, 0.25) is 0 Å². The second-order valence-electron chi connectivity index (χ2n) is 28.3. The summed E-state index contributed by atoms with van der Waals surface area (Å²) in [5.74, 6) is 2.67. The van der Waals surface area contributed by atoms with E-state index in [9.17, 15) is 0 Å². The summed E-state index contributed by atoms with van der Waals surface area (Å²) < 4.78 is 0. The maximum atomic E-state index is 5.26. The van der Waals surface area contributed by atoms with E-state index in [1.165, 1.54) is 21.5 Å². The van der Waals surface area contributed by atoms with Crippen molar-refractivity contribution in [3.8, 4) is 113 Å². The Bertz CT molecular complexity index is 7240. The number of aromatic nitrogens is 9. The van der Waals surface area contributed by atoms with Crippen LogP contribution >= 0.6 is 0 Å². The predicted molar refractivity (Wildman–Crippen MR) is 462 cm³/mol. The molecule has 0 aliphatic heterocycles. The van der Waals surface area contributed by atoms with E-state index in [2.05, 4.69) is 328 Å². The van der Waals surface area contributed by atoms with Crippen molar-refractivity contribution in [2.24, 2.45) is 0 Å². The molecule has 9 heteroatoms. The first-order chi connectivity index (χ1) is 55.5. The first-order valence-electron chi connectivity index (χ1n) is 37.6. The molecule has 0 amide bonds. The number of hydrogen-bond acceptors (Lipinski definition) is 9. The van der Waals surface area contributed by atoms with Crippen LogP contribution in [0.25, 0.3) is 221 Å².